The van der Waals surface area contributed by atoms with Gasteiger partial charge in [-0.1, -0.05) is 23.2 Å². The summed E-state index contributed by atoms with van der Waals surface area (Å²) in [6.07, 6.45) is 0. The van der Waals surface area contributed by atoms with Gasteiger partial charge in [0.15, 0.2) is 0 Å². The molecule has 47 valence electrons. The summed E-state index contributed by atoms with van der Waals surface area (Å²) in [5.41, 5.74) is 0.0417. The molecule has 0 N–H and O–H groups in total. The average molecular weight is 163 g/mol. The summed E-state index contributed by atoms with van der Waals surface area (Å²) in [5.74, 6) is 0. The summed E-state index contributed by atoms with van der Waals surface area (Å²) in [5, 5.41) is 0.526. The van der Waals surface area contributed by atoms with Gasteiger partial charge >= 0.3 is 0 Å². The maximum absolute atomic E-state index is 7.05. The van der Waals surface area contributed by atoms with E-state index in [9.17, 15) is 0 Å². The van der Waals surface area contributed by atoms with Crippen LogP contribution in [0.1, 0.15) is 9.68 Å². The highest BCUT2D eigenvalue weighted by atomic mass is 35.5. The number of rotatable bonds is 0. The van der Waals surface area contributed by atoms with Crippen LogP contribution in [0.3, 0.4) is 0 Å². The summed E-state index contributed by atoms with van der Waals surface area (Å²) < 4.78 is 21.2. The van der Waals surface area contributed by atoms with Gasteiger partial charge in [-0.25, -0.2) is 0 Å². The molecular weight excluding hydrogens is 155 g/mol. The van der Waals surface area contributed by atoms with Crippen molar-refractivity contribution in [1.82, 2.24) is 0 Å². The lowest BCUT2D eigenvalue weighted by Crippen LogP contribution is -1.71. The Morgan fingerprint density at radius 3 is 2.89 bits per heavy atom. The predicted octanol–water partition coefficient (Wildman–Crippen LogP) is 3.10. The quantitative estimate of drug-likeness (QED) is 0.551. The molecule has 0 saturated heterocycles. The number of aryl methyl sites for hydroxylation is 1. The van der Waals surface area contributed by atoms with E-state index in [0.717, 1.165) is 0 Å². The van der Waals surface area contributed by atoms with Crippen molar-refractivity contribution in [2.45, 2.75) is 6.85 Å². The Morgan fingerprint density at radius 1 is 1.56 bits per heavy atom. The third-order valence-corrected chi connectivity index (χ3v) is 1.22. The molecule has 0 aliphatic heterocycles. The topological polar surface area (TPSA) is 0 Å². The Bertz CT molecular complexity index is 273. The molecule has 0 bridgehead atoms. The second kappa shape index (κ2) is 2.59. The average Bonchev–Trinajstić information content (AvgIpc) is 1.82. The lowest BCUT2D eigenvalue weighted by molar-refractivity contribution is 1.46. The standard InChI is InChI=1S/C7H5Cl2/c1-5-2-6(8)4-7(9)3-5/h2,4H,1H3/i1D3. The van der Waals surface area contributed by atoms with Crippen LogP contribution in [0.5, 0.6) is 0 Å². The van der Waals surface area contributed by atoms with Crippen LogP contribution in [0.15, 0.2) is 12.1 Å². The van der Waals surface area contributed by atoms with E-state index in [0.29, 0.717) is 5.02 Å². The third kappa shape index (κ3) is 1.88. The lowest BCUT2D eigenvalue weighted by Gasteiger charge is -1.92. The number of hydrogen-bond acceptors (Lipinski definition) is 0. The van der Waals surface area contributed by atoms with Gasteiger partial charge in [0.1, 0.15) is 0 Å². The molecule has 1 rings (SSSR count). The molecule has 0 amide bonds. The molecule has 2 heteroatoms. The maximum Gasteiger partial charge on any atom is 0.0502 e. The largest absolute Gasteiger partial charge is 0.0843 e. The Labute approximate surface area is 68.6 Å². The molecule has 0 heterocycles. The SMILES string of the molecule is [2H]C([2H])([2H])c1[c]c(Cl)cc(Cl)c1. The molecule has 0 aromatic heterocycles. The minimum Gasteiger partial charge on any atom is -0.0843 e. The maximum atomic E-state index is 7.05. The van der Waals surface area contributed by atoms with Crippen molar-refractivity contribution in [2.24, 2.45) is 0 Å². The molecule has 0 aliphatic rings. The fraction of sp³-hybridized carbons (Fsp3) is 0.143. The number of benzene rings is 1. The second-order valence-corrected chi connectivity index (χ2v) is 2.40. The van der Waals surface area contributed by atoms with Gasteiger partial charge in [0, 0.05) is 15.2 Å². The van der Waals surface area contributed by atoms with Gasteiger partial charge in [0.25, 0.3) is 0 Å². The fourth-order valence-electron chi connectivity index (χ4n) is 0.501. The minimum absolute atomic E-state index is 0.0417. The molecule has 0 saturated carbocycles. The zero-order valence-electron chi connectivity index (χ0n) is 7.41. The van der Waals surface area contributed by atoms with E-state index in [1.54, 1.807) is 0 Å². The Kier molecular flexibility index (Phi) is 1.11. The van der Waals surface area contributed by atoms with Crippen LogP contribution >= 0.6 is 23.2 Å². The van der Waals surface area contributed by atoms with Gasteiger partial charge < -0.3 is 0 Å². The zero-order valence-corrected chi connectivity index (χ0v) is 5.92. The van der Waals surface area contributed by atoms with Crippen LogP contribution in [0.2, 0.25) is 10.0 Å². The number of hydrogen-bond donors (Lipinski definition) is 0. The molecule has 0 atom stereocenters. The molecule has 0 fully saturated rings. The molecule has 1 aromatic rings. The lowest BCUT2D eigenvalue weighted by atomic mass is 10.2. The summed E-state index contributed by atoms with van der Waals surface area (Å²) in [6, 6.07) is 5.28. The van der Waals surface area contributed by atoms with Crippen LogP contribution in [-0.4, -0.2) is 0 Å². The molecule has 9 heavy (non-hydrogen) atoms. The van der Waals surface area contributed by atoms with Crippen molar-refractivity contribution in [2.75, 3.05) is 0 Å². The van der Waals surface area contributed by atoms with Gasteiger partial charge in [-0.3, -0.25) is 0 Å². The smallest absolute Gasteiger partial charge is 0.0502 e. The van der Waals surface area contributed by atoms with Crippen LogP contribution in [-0.2, 0) is 0 Å². The Hall–Kier alpha value is -0.200. The van der Waals surface area contributed by atoms with Gasteiger partial charge in [0.2, 0.25) is 0 Å². The highest BCUT2D eigenvalue weighted by Crippen LogP contribution is 2.16. The van der Waals surface area contributed by atoms with Crippen molar-refractivity contribution in [3.8, 4) is 0 Å². The van der Waals surface area contributed by atoms with Crippen LogP contribution in [0.4, 0.5) is 0 Å². The van der Waals surface area contributed by atoms with Crippen LogP contribution < -0.4 is 0 Å². The van der Waals surface area contributed by atoms with Crippen molar-refractivity contribution in [3.63, 3.8) is 0 Å². The molecule has 1 radical (unpaired) electrons. The highest BCUT2D eigenvalue weighted by molar-refractivity contribution is 6.34. The van der Waals surface area contributed by atoms with Crippen LogP contribution in [0, 0.1) is 12.9 Å². The van der Waals surface area contributed by atoms with E-state index in [1.807, 2.05) is 0 Å². The van der Waals surface area contributed by atoms with Crippen molar-refractivity contribution >= 4 is 23.2 Å². The molecule has 0 unspecified atom stereocenters. The summed E-state index contributed by atoms with van der Waals surface area (Å²) in [4.78, 5) is 0. The molecule has 1 aromatic carbocycles. The minimum atomic E-state index is -2.20. The Morgan fingerprint density at radius 2 is 2.33 bits per heavy atom. The zero-order chi connectivity index (χ0) is 9.35. The molecular formula is C7H5Cl2. The normalized spacial score (nSPS) is 16.0. The number of halogens is 2. The van der Waals surface area contributed by atoms with Gasteiger partial charge in [0.05, 0.1) is 5.02 Å². The van der Waals surface area contributed by atoms with E-state index in [1.165, 1.54) is 12.1 Å². The second-order valence-electron chi connectivity index (χ2n) is 1.56. The monoisotopic (exact) mass is 162 g/mol. The van der Waals surface area contributed by atoms with E-state index in [4.69, 9.17) is 27.3 Å². The van der Waals surface area contributed by atoms with E-state index in [2.05, 4.69) is 6.07 Å². The first-order valence-electron chi connectivity index (χ1n) is 3.78. The van der Waals surface area contributed by atoms with Gasteiger partial charge in [-0.2, -0.15) is 0 Å². The predicted molar refractivity (Wildman–Crippen MR) is 40.0 cm³/mol. The van der Waals surface area contributed by atoms with Gasteiger partial charge in [-0.05, 0) is 24.5 Å². The van der Waals surface area contributed by atoms with E-state index < -0.39 is 6.85 Å². The molecule has 0 spiro atoms. The van der Waals surface area contributed by atoms with E-state index in [-0.39, 0.29) is 10.6 Å². The van der Waals surface area contributed by atoms with Crippen molar-refractivity contribution in [3.05, 3.63) is 33.8 Å². The summed E-state index contributed by atoms with van der Waals surface area (Å²) >= 11 is 11.2. The summed E-state index contributed by atoms with van der Waals surface area (Å²) in [6.45, 7) is -2.20. The highest BCUT2D eigenvalue weighted by Gasteiger charge is 1.91. The van der Waals surface area contributed by atoms with Crippen LogP contribution in [0.25, 0.3) is 0 Å². The van der Waals surface area contributed by atoms with E-state index >= 15 is 0 Å². The van der Waals surface area contributed by atoms with Crippen molar-refractivity contribution < 1.29 is 4.11 Å². The van der Waals surface area contributed by atoms with Crippen molar-refractivity contribution in [1.29, 1.82) is 0 Å². The fourth-order valence-corrected chi connectivity index (χ4v) is 0.995. The molecule has 0 aliphatic carbocycles. The third-order valence-electron chi connectivity index (χ3n) is 0.801. The first-order chi connectivity index (χ1) is 5.39. The molecule has 0 nitrogen and oxygen atoms in total. The first kappa shape index (κ1) is 3.85. The summed E-state index contributed by atoms with van der Waals surface area (Å²) in [7, 11) is 0. The van der Waals surface area contributed by atoms with Gasteiger partial charge in [-0.15, -0.1) is 0 Å². The Balaban J connectivity index is 3.18. The first-order valence-corrected chi connectivity index (χ1v) is 3.04.